The van der Waals surface area contributed by atoms with Crippen LogP contribution in [0.15, 0.2) is 58.1 Å². The maximum atomic E-state index is 11.8. The Hall–Kier alpha value is -2.96. The van der Waals surface area contributed by atoms with Crippen LogP contribution in [0.5, 0.6) is 5.75 Å². The number of ether oxygens (including phenoxy) is 1. The fraction of sp³-hybridized carbons (Fsp3) is 0.368. The molecular formula is C19H26N4O3. The van der Waals surface area contributed by atoms with E-state index in [0.29, 0.717) is 31.4 Å². The van der Waals surface area contributed by atoms with Gasteiger partial charge in [0.05, 0.1) is 19.4 Å². The third-order valence-electron chi connectivity index (χ3n) is 3.39. The molecule has 0 fully saturated rings. The first-order chi connectivity index (χ1) is 12.8. The molecular weight excluding hydrogens is 332 g/mol. The third-order valence-corrected chi connectivity index (χ3v) is 3.39. The van der Waals surface area contributed by atoms with Crippen LogP contribution in [0.25, 0.3) is 0 Å². The van der Waals surface area contributed by atoms with E-state index in [2.05, 4.69) is 20.9 Å². The maximum absolute atomic E-state index is 11.8. The fourth-order valence-electron chi connectivity index (χ4n) is 2.13. The van der Waals surface area contributed by atoms with E-state index in [-0.39, 0.29) is 12.5 Å². The highest BCUT2D eigenvalue weighted by atomic mass is 16.5. The number of nitrogens with zero attached hydrogens (tertiary/aromatic N) is 1. The van der Waals surface area contributed by atoms with Crippen molar-refractivity contribution in [2.24, 2.45) is 4.99 Å². The summed E-state index contributed by atoms with van der Waals surface area (Å²) in [6.45, 7) is 4.43. The predicted octanol–water partition coefficient (Wildman–Crippen LogP) is 1.92. The monoisotopic (exact) mass is 358 g/mol. The Morgan fingerprint density at radius 2 is 1.96 bits per heavy atom. The molecule has 0 spiro atoms. The van der Waals surface area contributed by atoms with Crippen molar-refractivity contribution in [1.29, 1.82) is 0 Å². The molecule has 0 bridgehead atoms. The smallest absolute Gasteiger partial charge is 0.242 e. The third kappa shape index (κ3) is 7.74. The lowest BCUT2D eigenvalue weighted by Gasteiger charge is -2.11. The van der Waals surface area contributed by atoms with Crippen molar-refractivity contribution in [2.75, 3.05) is 26.2 Å². The summed E-state index contributed by atoms with van der Waals surface area (Å²) in [4.78, 5) is 16.1. The first-order valence-corrected chi connectivity index (χ1v) is 8.77. The van der Waals surface area contributed by atoms with Crippen LogP contribution in [0.4, 0.5) is 0 Å². The van der Waals surface area contributed by atoms with E-state index < -0.39 is 0 Å². The van der Waals surface area contributed by atoms with E-state index in [9.17, 15) is 4.79 Å². The van der Waals surface area contributed by atoms with E-state index in [1.54, 1.807) is 12.3 Å². The maximum Gasteiger partial charge on any atom is 0.242 e. The highest BCUT2D eigenvalue weighted by Gasteiger charge is 2.03. The number of aliphatic imine (C=N–C) groups is 1. The standard InChI is InChI=1S/C19H26N4O3/c1-2-20-19(21-11-7-13-25-16-8-4-3-5-9-16)23-15-18(24)22-14-17-10-6-12-26-17/h3-6,8-10,12H,2,7,11,13-15H2,1H3,(H,22,24)(H2,20,21,23). The van der Waals surface area contributed by atoms with Gasteiger partial charge in [0.2, 0.25) is 5.91 Å². The summed E-state index contributed by atoms with van der Waals surface area (Å²) in [7, 11) is 0. The molecule has 1 amide bonds. The average Bonchev–Trinajstić information content (AvgIpc) is 3.18. The number of carbonyl (C=O) groups excluding carboxylic acids is 1. The zero-order chi connectivity index (χ0) is 18.5. The molecule has 2 rings (SSSR count). The Morgan fingerprint density at radius 1 is 1.12 bits per heavy atom. The summed E-state index contributed by atoms with van der Waals surface area (Å²) in [6.07, 6.45) is 2.40. The lowest BCUT2D eigenvalue weighted by molar-refractivity contribution is -0.119. The minimum absolute atomic E-state index is 0.0521. The van der Waals surface area contributed by atoms with E-state index in [0.717, 1.165) is 18.7 Å². The molecule has 0 aliphatic rings. The Morgan fingerprint density at radius 3 is 2.69 bits per heavy atom. The highest BCUT2D eigenvalue weighted by Crippen LogP contribution is 2.07. The Bertz CT molecular complexity index is 657. The fourth-order valence-corrected chi connectivity index (χ4v) is 2.13. The molecule has 0 unspecified atom stereocenters. The van der Waals surface area contributed by atoms with Gasteiger partial charge in [-0.3, -0.25) is 4.79 Å². The van der Waals surface area contributed by atoms with Crippen molar-refractivity contribution in [3.05, 3.63) is 54.5 Å². The number of carbonyl (C=O) groups is 1. The number of hydrogen-bond donors (Lipinski definition) is 3. The predicted molar refractivity (Wildman–Crippen MR) is 101 cm³/mol. The number of amides is 1. The first-order valence-electron chi connectivity index (χ1n) is 8.77. The van der Waals surface area contributed by atoms with Crippen molar-refractivity contribution >= 4 is 11.9 Å². The molecule has 3 N–H and O–H groups in total. The second-order valence-corrected chi connectivity index (χ2v) is 5.49. The quantitative estimate of drug-likeness (QED) is 0.343. The second kappa shape index (κ2) is 11.6. The van der Waals surface area contributed by atoms with E-state index in [1.165, 1.54) is 0 Å². The second-order valence-electron chi connectivity index (χ2n) is 5.49. The topological polar surface area (TPSA) is 87.9 Å². The molecule has 0 saturated carbocycles. The minimum Gasteiger partial charge on any atom is -0.494 e. The molecule has 0 aliphatic heterocycles. The summed E-state index contributed by atoms with van der Waals surface area (Å²) in [6, 6.07) is 13.3. The Labute approximate surface area is 153 Å². The van der Waals surface area contributed by atoms with Crippen LogP contribution in [0.1, 0.15) is 19.1 Å². The zero-order valence-electron chi connectivity index (χ0n) is 15.0. The van der Waals surface area contributed by atoms with Crippen LogP contribution in [-0.4, -0.2) is 38.1 Å². The van der Waals surface area contributed by atoms with Crippen molar-refractivity contribution in [3.8, 4) is 5.75 Å². The molecule has 7 nitrogen and oxygen atoms in total. The average molecular weight is 358 g/mol. The van der Waals surface area contributed by atoms with Gasteiger partial charge >= 0.3 is 0 Å². The SMILES string of the molecule is CCNC(=NCC(=O)NCc1ccco1)NCCCOc1ccccc1. The number of para-hydroxylation sites is 1. The molecule has 140 valence electrons. The molecule has 0 saturated heterocycles. The lowest BCUT2D eigenvalue weighted by Crippen LogP contribution is -2.39. The Balaban J connectivity index is 1.64. The van der Waals surface area contributed by atoms with Gasteiger partial charge in [-0.2, -0.15) is 0 Å². The van der Waals surface area contributed by atoms with Gasteiger partial charge in [0.15, 0.2) is 5.96 Å². The van der Waals surface area contributed by atoms with Crippen molar-refractivity contribution in [2.45, 2.75) is 19.9 Å². The van der Waals surface area contributed by atoms with Crippen LogP contribution < -0.4 is 20.7 Å². The summed E-state index contributed by atoms with van der Waals surface area (Å²) in [5.74, 6) is 2.03. The molecule has 26 heavy (non-hydrogen) atoms. The van der Waals surface area contributed by atoms with Gasteiger partial charge in [-0.25, -0.2) is 4.99 Å². The zero-order valence-corrected chi connectivity index (χ0v) is 15.0. The Kier molecular flexibility index (Phi) is 8.62. The number of benzene rings is 1. The number of guanidine groups is 1. The summed E-state index contributed by atoms with van der Waals surface area (Å²) in [5.41, 5.74) is 0. The number of furan rings is 1. The van der Waals surface area contributed by atoms with Crippen LogP contribution in [0.2, 0.25) is 0 Å². The number of nitrogens with one attached hydrogen (secondary N) is 3. The van der Waals surface area contributed by atoms with Gasteiger partial charge < -0.3 is 25.1 Å². The van der Waals surface area contributed by atoms with Crippen LogP contribution in [0.3, 0.4) is 0 Å². The number of hydrogen-bond acceptors (Lipinski definition) is 4. The molecule has 0 aliphatic carbocycles. The normalized spacial score (nSPS) is 11.0. The first kappa shape index (κ1) is 19.4. The summed E-state index contributed by atoms with van der Waals surface area (Å²) in [5, 5.41) is 9.07. The lowest BCUT2D eigenvalue weighted by atomic mass is 10.3. The van der Waals surface area contributed by atoms with E-state index in [4.69, 9.17) is 9.15 Å². The largest absolute Gasteiger partial charge is 0.494 e. The van der Waals surface area contributed by atoms with Gasteiger partial charge in [-0.05, 0) is 37.6 Å². The van der Waals surface area contributed by atoms with E-state index >= 15 is 0 Å². The van der Waals surface area contributed by atoms with Crippen molar-refractivity contribution < 1.29 is 13.9 Å². The molecule has 2 aromatic rings. The number of rotatable bonds is 10. The van der Waals surface area contributed by atoms with Crippen LogP contribution in [0, 0.1) is 0 Å². The van der Waals surface area contributed by atoms with Gasteiger partial charge in [0.1, 0.15) is 18.1 Å². The molecule has 0 radical (unpaired) electrons. The molecule has 0 atom stereocenters. The summed E-state index contributed by atoms with van der Waals surface area (Å²) >= 11 is 0. The van der Waals surface area contributed by atoms with Gasteiger partial charge in [0.25, 0.3) is 0 Å². The van der Waals surface area contributed by atoms with Crippen LogP contribution in [-0.2, 0) is 11.3 Å². The van der Waals surface area contributed by atoms with Gasteiger partial charge in [-0.15, -0.1) is 0 Å². The minimum atomic E-state index is -0.161. The van der Waals surface area contributed by atoms with Gasteiger partial charge in [0, 0.05) is 13.1 Å². The van der Waals surface area contributed by atoms with E-state index in [1.807, 2.05) is 43.3 Å². The molecule has 1 heterocycles. The molecule has 7 heteroatoms. The van der Waals surface area contributed by atoms with Crippen LogP contribution >= 0.6 is 0 Å². The van der Waals surface area contributed by atoms with Gasteiger partial charge in [-0.1, -0.05) is 18.2 Å². The summed E-state index contributed by atoms with van der Waals surface area (Å²) < 4.78 is 10.8. The van der Waals surface area contributed by atoms with Crippen molar-refractivity contribution in [1.82, 2.24) is 16.0 Å². The molecule has 1 aromatic heterocycles. The molecule has 1 aromatic carbocycles. The van der Waals surface area contributed by atoms with Crippen molar-refractivity contribution in [3.63, 3.8) is 0 Å². The highest BCUT2D eigenvalue weighted by molar-refractivity contribution is 5.84.